The Morgan fingerprint density at radius 2 is 2.41 bits per heavy atom. The van der Waals surface area contributed by atoms with Crippen LogP contribution in [0, 0.1) is 0 Å². The molecular formula is C12H14N2O3. The van der Waals surface area contributed by atoms with E-state index < -0.39 is 0 Å². The SMILES string of the molecule is O=C(c1cc2occc2[nH]1)N(CCO)C1CC1. The number of aromatic nitrogens is 1. The molecule has 0 saturated heterocycles. The number of hydrogen-bond donors (Lipinski definition) is 2. The molecule has 0 atom stereocenters. The van der Waals surface area contributed by atoms with Gasteiger partial charge in [0, 0.05) is 24.7 Å². The summed E-state index contributed by atoms with van der Waals surface area (Å²) in [4.78, 5) is 17.0. The molecule has 0 radical (unpaired) electrons. The van der Waals surface area contributed by atoms with E-state index in [0.717, 1.165) is 18.4 Å². The molecule has 1 fully saturated rings. The zero-order valence-corrected chi connectivity index (χ0v) is 9.35. The predicted octanol–water partition coefficient (Wildman–Crippen LogP) is 1.36. The fourth-order valence-corrected chi connectivity index (χ4v) is 2.06. The summed E-state index contributed by atoms with van der Waals surface area (Å²) in [5, 5.41) is 8.99. The van der Waals surface area contributed by atoms with Crippen molar-refractivity contribution in [2.24, 2.45) is 0 Å². The van der Waals surface area contributed by atoms with Gasteiger partial charge in [0.15, 0.2) is 5.58 Å². The minimum atomic E-state index is -0.0621. The van der Waals surface area contributed by atoms with E-state index in [1.54, 1.807) is 23.3 Å². The normalized spacial score (nSPS) is 15.4. The van der Waals surface area contributed by atoms with Crippen molar-refractivity contribution in [3.05, 3.63) is 24.1 Å². The summed E-state index contributed by atoms with van der Waals surface area (Å²) < 4.78 is 5.21. The van der Waals surface area contributed by atoms with Crippen LogP contribution >= 0.6 is 0 Å². The van der Waals surface area contributed by atoms with Crippen molar-refractivity contribution in [1.29, 1.82) is 0 Å². The number of hydrogen-bond acceptors (Lipinski definition) is 3. The highest BCUT2D eigenvalue weighted by atomic mass is 16.3. The van der Waals surface area contributed by atoms with Crippen LogP contribution in [0.2, 0.25) is 0 Å². The van der Waals surface area contributed by atoms with Crippen molar-refractivity contribution >= 4 is 17.0 Å². The highest BCUT2D eigenvalue weighted by molar-refractivity contribution is 5.97. The van der Waals surface area contributed by atoms with Gasteiger partial charge in [-0.25, -0.2) is 0 Å². The van der Waals surface area contributed by atoms with Crippen molar-refractivity contribution in [2.45, 2.75) is 18.9 Å². The second-order valence-corrected chi connectivity index (χ2v) is 4.33. The zero-order chi connectivity index (χ0) is 11.8. The molecular weight excluding hydrogens is 220 g/mol. The van der Waals surface area contributed by atoms with Crippen LogP contribution in [0.5, 0.6) is 0 Å². The Labute approximate surface area is 98.0 Å². The van der Waals surface area contributed by atoms with Gasteiger partial charge in [0.1, 0.15) is 5.69 Å². The lowest BCUT2D eigenvalue weighted by atomic mass is 10.3. The van der Waals surface area contributed by atoms with Gasteiger partial charge in [0.2, 0.25) is 0 Å². The first-order chi connectivity index (χ1) is 8.29. The van der Waals surface area contributed by atoms with Gasteiger partial charge in [0.25, 0.3) is 5.91 Å². The Balaban J connectivity index is 1.86. The van der Waals surface area contributed by atoms with Crippen LogP contribution in [0.1, 0.15) is 23.3 Å². The van der Waals surface area contributed by atoms with Crippen molar-refractivity contribution < 1.29 is 14.3 Å². The van der Waals surface area contributed by atoms with E-state index in [0.29, 0.717) is 23.9 Å². The zero-order valence-electron chi connectivity index (χ0n) is 9.35. The van der Waals surface area contributed by atoms with Crippen LogP contribution in [0.3, 0.4) is 0 Å². The number of furan rings is 1. The topological polar surface area (TPSA) is 69.5 Å². The number of H-pyrrole nitrogens is 1. The summed E-state index contributed by atoms with van der Waals surface area (Å²) in [7, 11) is 0. The van der Waals surface area contributed by atoms with Gasteiger partial charge in [-0.15, -0.1) is 0 Å². The minimum absolute atomic E-state index is 0.000927. The van der Waals surface area contributed by atoms with E-state index in [4.69, 9.17) is 9.52 Å². The molecule has 5 nitrogen and oxygen atoms in total. The number of aromatic amines is 1. The first-order valence-electron chi connectivity index (χ1n) is 5.77. The monoisotopic (exact) mass is 234 g/mol. The molecule has 0 aliphatic heterocycles. The third-order valence-corrected chi connectivity index (χ3v) is 3.06. The number of aliphatic hydroxyl groups excluding tert-OH is 1. The van der Waals surface area contributed by atoms with Gasteiger partial charge < -0.3 is 19.4 Å². The van der Waals surface area contributed by atoms with E-state index in [1.165, 1.54) is 0 Å². The molecule has 2 aromatic heterocycles. The maximum Gasteiger partial charge on any atom is 0.270 e. The highest BCUT2D eigenvalue weighted by Gasteiger charge is 2.33. The van der Waals surface area contributed by atoms with Crippen LogP contribution in [0.4, 0.5) is 0 Å². The molecule has 0 unspecified atom stereocenters. The second kappa shape index (κ2) is 3.92. The number of fused-ring (bicyclic) bond motifs is 1. The molecule has 0 bridgehead atoms. The summed E-state index contributed by atoms with van der Waals surface area (Å²) in [6.45, 7) is 0.392. The molecule has 1 amide bonds. The molecule has 2 aromatic rings. The van der Waals surface area contributed by atoms with Crippen LogP contribution < -0.4 is 0 Å². The Hall–Kier alpha value is -1.75. The predicted molar refractivity (Wildman–Crippen MR) is 61.7 cm³/mol. The third kappa shape index (κ3) is 1.82. The third-order valence-electron chi connectivity index (χ3n) is 3.06. The number of carbonyl (C=O) groups excluding carboxylic acids is 1. The summed E-state index contributed by atoms with van der Waals surface area (Å²) in [6, 6.07) is 3.80. The van der Waals surface area contributed by atoms with E-state index in [9.17, 15) is 4.79 Å². The average Bonchev–Trinajstić information content (AvgIpc) is 2.91. The first kappa shape index (κ1) is 10.4. The molecule has 1 aliphatic rings. The summed E-state index contributed by atoms with van der Waals surface area (Å²) in [6.07, 6.45) is 3.65. The van der Waals surface area contributed by atoms with Gasteiger partial charge in [0.05, 0.1) is 18.4 Å². The van der Waals surface area contributed by atoms with Gasteiger partial charge in [-0.05, 0) is 12.8 Å². The van der Waals surface area contributed by atoms with E-state index in [1.807, 2.05) is 0 Å². The minimum Gasteiger partial charge on any atom is -0.463 e. The lowest BCUT2D eigenvalue weighted by molar-refractivity contribution is 0.0702. The average molecular weight is 234 g/mol. The fourth-order valence-electron chi connectivity index (χ4n) is 2.06. The largest absolute Gasteiger partial charge is 0.463 e. The fraction of sp³-hybridized carbons (Fsp3) is 0.417. The number of rotatable bonds is 4. The van der Waals surface area contributed by atoms with Crippen LogP contribution in [0.15, 0.2) is 22.8 Å². The highest BCUT2D eigenvalue weighted by Crippen LogP contribution is 2.28. The van der Waals surface area contributed by atoms with Gasteiger partial charge in [-0.1, -0.05) is 0 Å². The Kier molecular flexibility index (Phi) is 2.40. The number of aliphatic hydroxyl groups is 1. The van der Waals surface area contributed by atoms with E-state index in [-0.39, 0.29) is 12.5 Å². The molecule has 90 valence electrons. The molecule has 3 rings (SSSR count). The molecule has 1 saturated carbocycles. The molecule has 1 aliphatic carbocycles. The quantitative estimate of drug-likeness (QED) is 0.839. The molecule has 5 heteroatoms. The Bertz CT molecular complexity index is 510. The van der Waals surface area contributed by atoms with Crippen molar-refractivity contribution in [1.82, 2.24) is 9.88 Å². The smallest absolute Gasteiger partial charge is 0.270 e. The van der Waals surface area contributed by atoms with Gasteiger partial charge >= 0.3 is 0 Å². The number of amides is 1. The standard InChI is InChI=1S/C12H14N2O3/c15-5-4-14(8-1-2-8)12(16)10-7-11-9(13-10)3-6-17-11/h3,6-8,13,15H,1-2,4-5H2. The summed E-state index contributed by atoms with van der Waals surface area (Å²) in [5.74, 6) is -0.0621. The molecule has 2 heterocycles. The Morgan fingerprint density at radius 1 is 1.59 bits per heavy atom. The lowest BCUT2D eigenvalue weighted by Gasteiger charge is -2.20. The number of carbonyl (C=O) groups is 1. The Morgan fingerprint density at radius 3 is 3.06 bits per heavy atom. The van der Waals surface area contributed by atoms with Crippen LogP contribution in [0.25, 0.3) is 11.1 Å². The van der Waals surface area contributed by atoms with Crippen molar-refractivity contribution in [2.75, 3.05) is 13.2 Å². The van der Waals surface area contributed by atoms with Crippen molar-refractivity contribution in [3.8, 4) is 0 Å². The molecule has 0 aromatic carbocycles. The van der Waals surface area contributed by atoms with E-state index >= 15 is 0 Å². The second-order valence-electron chi connectivity index (χ2n) is 4.33. The molecule has 0 spiro atoms. The lowest BCUT2D eigenvalue weighted by Crippen LogP contribution is -2.35. The first-order valence-corrected chi connectivity index (χ1v) is 5.77. The van der Waals surface area contributed by atoms with Gasteiger partial charge in [-0.2, -0.15) is 0 Å². The number of nitrogens with one attached hydrogen (secondary N) is 1. The van der Waals surface area contributed by atoms with Crippen LogP contribution in [-0.2, 0) is 0 Å². The van der Waals surface area contributed by atoms with Crippen LogP contribution in [-0.4, -0.2) is 40.1 Å². The summed E-state index contributed by atoms with van der Waals surface area (Å²) in [5.41, 5.74) is 2.04. The summed E-state index contributed by atoms with van der Waals surface area (Å²) >= 11 is 0. The van der Waals surface area contributed by atoms with Gasteiger partial charge in [-0.3, -0.25) is 4.79 Å². The van der Waals surface area contributed by atoms with Crippen molar-refractivity contribution in [3.63, 3.8) is 0 Å². The van der Waals surface area contributed by atoms with E-state index in [2.05, 4.69) is 4.98 Å². The molecule has 17 heavy (non-hydrogen) atoms. The maximum absolute atomic E-state index is 12.2. The number of nitrogens with zero attached hydrogens (tertiary/aromatic N) is 1. The molecule has 2 N–H and O–H groups in total. The maximum atomic E-state index is 12.2.